The van der Waals surface area contributed by atoms with Gasteiger partial charge in [0.1, 0.15) is 0 Å². The smallest absolute Gasteiger partial charge is 0.319 e. The highest BCUT2D eigenvalue weighted by molar-refractivity contribution is 5.91. The quantitative estimate of drug-likeness (QED) is 0.792. The summed E-state index contributed by atoms with van der Waals surface area (Å²) in [6, 6.07) is 9.06. The van der Waals surface area contributed by atoms with Crippen LogP contribution in [0.3, 0.4) is 0 Å². The zero-order valence-electron chi connectivity index (χ0n) is 11.6. The van der Waals surface area contributed by atoms with Gasteiger partial charge < -0.3 is 15.7 Å². The average Bonchev–Trinajstić information content (AvgIpc) is 2.76. The second-order valence-corrected chi connectivity index (χ2v) is 4.46. The molecule has 0 radical (unpaired) electrons. The first kappa shape index (κ1) is 14.1. The molecule has 2 amide bonds. The highest BCUT2D eigenvalue weighted by Gasteiger charge is 2.10. The maximum atomic E-state index is 11.7. The summed E-state index contributed by atoms with van der Waals surface area (Å²) in [5.41, 5.74) is 3.38. The molecule has 0 saturated heterocycles. The van der Waals surface area contributed by atoms with Crippen molar-refractivity contribution in [1.82, 2.24) is 15.1 Å². The zero-order chi connectivity index (χ0) is 14.5. The van der Waals surface area contributed by atoms with Gasteiger partial charge in [0.2, 0.25) is 0 Å². The van der Waals surface area contributed by atoms with E-state index >= 15 is 0 Å². The monoisotopic (exact) mass is 274 g/mol. The number of carbonyl (C=O) groups is 1. The summed E-state index contributed by atoms with van der Waals surface area (Å²) >= 11 is 0. The van der Waals surface area contributed by atoms with Crippen molar-refractivity contribution in [2.45, 2.75) is 13.8 Å². The number of urea groups is 1. The van der Waals surface area contributed by atoms with Gasteiger partial charge in [0.05, 0.1) is 23.7 Å². The largest absolute Gasteiger partial charge is 0.395 e. The third-order valence-electron chi connectivity index (χ3n) is 2.79. The molecule has 2 rings (SSSR count). The highest BCUT2D eigenvalue weighted by atomic mass is 16.3. The summed E-state index contributed by atoms with van der Waals surface area (Å²) in [5.74, 6) is 0. The molecule has 1 aromatic heterocycles. The summed E-state index contributed by atoms with van der Waals surface area (Å²) in [6.45, 7) is 4.01. The Kier molecular flexibility index (Phi) is 4.37. The molecule has 20 heavy (non-hydrogen) atoms. The molecule has 0 bridgehead atoms. The summed E-state index contributed by atoms with van der Waals surface area (Å²) in [7, 11) is 0. The second-order valence-electron chi connectivity index (χ2n) is 4.46. The van der Waals surface area contributed by atoms with Crippen molar-refractivity contribution in [3.05, 3.63) is 41.7 Å². The lowest BCUT2D eigenvalue weighted by molar-refractivity contribution is 0.245. The number of aliphatic hydroxyl groups is 1. The van der Waals surface area contributed by atoms with Crippen molar-refractivity contribution in [3.8, 4) is 5.69 Å². The number of benzene rings is 1. The first-order valence-corrected chi connectivity index (χ1v) is 6.40. The number of nitrogens with zero attached hydrogens (tertiary/aromatic N) is 2. The van der Waals surface area contributed by atoms with E-state index in [9.17, 15) is 4.79 Å². The van der Waals surface area contributed by atoms with Crippen LogP contribution in [0, 0.1) is 13.8 Å². The van der Waals surface area contributed by atoms with E-state index in [1.807, 2.05) is 44.2 Å². The van der Waals surface area contributed by atoms with Crippen LogP contribution < -0.4 is 10.6 Å². The molecular formula is C14H18N4O2. The van der Waals surface area contributed by atoms with Crippen LogP contribution in [0.4, 0.5) is 10.5 Å². The lowest BCUT2D eigenvalue weighted by Gasteiger charge is -2.12. The molecule has 0 unspecified atom stereocenters. The minimum absolute atomic E-state index is 0.0907. The standard InChI is InChI=1S/C14H18N4O2/c1-10-9-11(2)18(17-10)13-6-4-3-5-12(13)16-14(20)15-7-8-19/h3-6,9,19H,7-8H2,1-2H3,(H2,15,16,20). The number of anilines is 1. The van der Waals surface area contributed by atoms with E-state index in [0.29, 0.717) is 5.69 Å². The van der Waals surface area contributed by atoms with Crippen LogP contribution in [-0.2, 0) is 0 Å². The van der Waals surface area contributed by atoms with Crippen molar-refractivity contribution < 1.29 is 9.90 Å². The van der Waals surface area contributed by atoms with Gasteiger partial charge in [0.25, 0.3) is 0 Å². The van der Waals surface area contributed by atoms with Gasteiger partial charge in [-0.05, 0) is 32.0 Å². The van der Waals surface area contributed by atoms with E-state index in [0.717, 1.165) is 17.1 Å². The Hall–Kier alpha value is -2.34. The molecule has 1 heterocycles. The summed E-state index contributed by atoms with van der Waals surface area (Å²) < 4.78 is 1.79. The van der Waals surface area contributed by atoms with Gasteiger partial charge in [-0.2, -0.15) is 5.10 Å². The molecular weight excluding hydrogens is 256 g/mol. The SMILES string of the molecule is Cc1cc(C)n(-c2ccccc2NC(=O)NCCO)n1. The fraction of sp³-hybridized carbons (Fsp3) is 0.286. The molecule has 6 nitrogen and oxygen atoms in total. The molecule has 3 N–H and O–H groups in total. The van der Waals surface area contributed by atoms with Gasteiger partial charge in [0.15, 0.2) is 0 Å². The lowest BCUT2D eigenvalue weighted by Crippen LogP contribution is -2.31. The summed E-state index contributed by atoms with van der Waals surface area (Å²) in [6.07, 6.45) is 0. The van der Waals surface area contributed by atoms with Gasteiger partial charge in [-0.25, -0.2) is 9.48 Å². The van der Waals surface area contributed by atoms with Gasteiger partial charge >= 0.3 is 6.03 Å². The molecule has 1 aromatic carbocycles. The second kappa shape index (κ2) is 6.21. The Balaban J connectivity index is 2.27. The number of nitrogens with one attached hydrogen (secondary N) is 2. The van der Waals surface area contributed by atoms with Crippen LogP contribution >= 0.6 is 0 Å². The average molecular weight is 274 g/mol. The Bertz CT molecular complexity index is 607. The lowest BCUT2D eigenvalue weighted by atomic mass is 10.2. The molecule has 0 atom stereocenters. The third kappa shape index (κ3) is 3.16. The maximum Gasteiger partial charge on any atom is 0.319 e. The first-order chi connectivity index (χ1) is 9.61. The van der Waals surface area contributed by atoms with Crippen LogP contribution in [-0.4, -0.2) is 34.1 Å². The van der Waals surface area contributed by atoms with Crippen LogP contribution in [0.5, 0.6) is 0 Å². The molecule has 0 aliphatic heterocycles. The number of aliphatic hydroxyl groups excluding tert-OH is 1. The predicted octanol–water partition coefficient (Wildman–Crippen LogP) is 1.60. The number of amides is 2. The van der Waals surface area contributed by atoms with Gasteiger partial charge in [-0.1, -0.05) is 12.1 Å². The molecule has 6 heteroatoms. The van der Waals surface area contributed by atoms with Gasteiger partial charge in [-0.15, -0.1) is 0 Å². The highest BCUT2D eigenvalue weighted by Crippen LogP contribution is 2.21. The molecule has 2 aromatic rings. The number of aromatic nitrogens is 2. The van der Waals surface area contributed by atoms with Gasteiger partial charge in [0, 0.05) is 12.2 Å². The zero-order valence-corrected chi connectivity index (χ0v) is 11.6. The molecule has 0 aliphatic carbocycles. The topological polar surface area (TPSA) is 79.2 Å². The normalized spacial score (nSPS) is 10.3. The number of hydrogen-bond acceptors (Lipinski definition) is 3. The van der Waals surface area contributed by atoms with E-state index in [2.05, 4.69) is 15.7 Å². The fourth-order valence-corrected chi connectivity index (χ4v) is 1.97. The summed E-state index contributed by atoms with van der Waals surface area (Å²) in [5, 5.41) is 18.4. The number of carbonyl (C=O) groups excluding carboxylic acids is 1. The third-order valence-corrected chi connectivity index (χ3v) is 2.79. The van der Waals surface area contributed by atoms with E-state index in [1.165, 1.54) is 0 Å². The Morgan fingerprint density at radius 1 is 1.35 bits per heavy atom. The number of para-hydroxylation sites is 2. The predicted molar refractivity (Wildman–Crippen MR) is 77.1 cm³/mol. The Morgan fingerprint density at radius 2 is 2.10 bits per heavy atom. The van der Waals surface area contributed by atoms with Gasteiger partial charge in [-0.3, -0.25) is 0 Å². The maximum absolute atomic E-state index is 11.7. The summed E-state index contributed by atoms with van der Waals surface area (Å²) in [4.78, 5) is 11.7. The van der Waals surface area contributed by atoms with Crippen molar-refractivity contribution >= 4 is 11.7 Å². The van der Waals surface area contributed by atoms with Crippen molar-refractivity contribution in [1.29, 1.82) is 0 Å². The Morgan fingerprint density at radius 3 is 2.75 bits per heavy atom. The van der Waals surface area contributed by atoms with Crippen molar-refractivity contribution in [2.75, 3.05) is 18.5 Å². The van der Waals surface area contributed by atoms with E-state index in [4.69, 9.17) is 5.11 Å². The molecule has 0 fully saturated rings. The first-order valence-electron chi connectivity index (χ1n) is 6.40. The fourth-order valence-electron chi connectivity index (χ4n) is 1.97. The van der Waals surface area contributed by atoms with Crippen molar-refractivity contribution in [3.63, 3.8) is 0 Å². The van der Waals surface area contributed by atoms with Crippen LogP contribution in [0.2, 0.25) is 0 Å². The van der Waals surface area contributed by atoms with Crippen LogP contribution in [0.15, 0.2) is 30.3 Å². The molecule has 106 valence electrons. The number of rotatable bonds is 4. The Labute approximate surface area is 117 Å². The van der Waals surface area contributed by atoms with Crippen LogP contribution in [0.1, 0.15) is 11.4 Å². The molecule has 0 saturated carbocycles. The molecule has 0 aliphatic rings. The van der Waals surface area contributed by atoms with Crippen LogP contribution in [0.25, 0.3) is 5.69 Å². The van der Waals surface area contributed by atoms with Crippen molar-refractivity contribution in [2.24, 2.45) is 0 Å². The number of aryl methyl sites for hydroxylation is 2. The minimum atomic E-state index is -0.354. The van der Waals surface area contributed by atoms with E-state index in [1.54, 1.807) is 4.68 Å². The van der Waals surface area contributed by atoms with E-state index < -0.39 is 0 Å². The molecule has 0 spiro atoms. The number of hydrogen-bond donors (Lipinski definition) is 3. The minimum Gasteiger partial charge on any atom is -0.395 e. The van der Waals surface area contributed by atoms with E-state index in [-0.39, 0.29) is 19.2 Å².